The summed E-state index contributed by atoms with van der Waals surface area (Å²) >= 11 is 10.1. The first kappa shape index (κ1) is 14.8. The number of hydrogen-bond acceptors (Lipinski definition) is 4. The van der Waals surface area contributed by atoms with Crippen molar-refractivity contribution in [2.75, 3.05) is 4.72 Å². The van der Waals surface area contributed by atoms with Crippen molar-refractivity contribution in [1.82, 2.24) is 4.98 Å². The van der Waals surface area contributed by atoms with Crippen LogP contribution in [0.15, 0.2) is 51.3 Å². The Bertz CT molecular complexity index is 925. The molecule has 1 heterocycles. The van der Waals surface area contributed by atoms with E-state index < -0.39 is 10.0 Å². The zero-order chi connectivity index (χ0) is 15.0. The number of halogens is 2. The van der Waals surface area contributed by atoms with Crippen molar-refractivity contribution in [3.63, 3.8) is 0 Å². The molecule has 3 rings (SSSR count). The SMILES string of the molecule is O=S(=O)(Nc1ccc(Br)c2ccccc12)c1cnc(Cl)s1. The van der Waals surface area contributed by atoms with E-state index in [1.807, 2.05) is 24.3 Å². The third-order valence-electron chi connectivity index (χ3n) is 2.84. The highest BCUT2D eigenvalue weighted by Crippen LogP contribution is 2.32. The van der Waals surface area contributed by atoms with Gasteiger partial charge in [-0.15, -0.1) is 0 Å². The van der Waals surface area contributed by atoms with Crippen molar-refractivity contribution in [3.8, 4) is 0 Å². The lowest BCUT2D eigenvalue weighted by molar-refractivity contribution is 0.603. The molecule has 0 fully saturated rings. The van der Waals surface area contributed by atoms with Crippen LogP contribution in [0.5, 0.6) is 0 Å². The number of aromatic nitrogens is 1. The molecule has 3 aromatic rings. The smallest absolute Gasteiger partial charge is 0.273 e. The van der Waals surface area contributed by atoms with Gasteiger partial charge in [0, 0.05) is 9.86 Å². The first-order valence-electron chi connectivity index (χ1n) is 5.79. The summed E-state index contributed by atoms with van der Waals surface area (Å²) in [5, 5.41) is 1.74. The number of nitrogens with one attached hydrogen (secondary N) is 1. The van der Waals surface area contributed by atoms with Crippen LogP contribution >= 0.6 is 38.9 Å². The van der Waals surface area contributed by atoms with Crippen LogP contribution in [-0.4, -0.2) is 13.4 Å². The molecule has 4 nitrogen and oxygen atoms in total. The van der Waals surface area contributed by atoms with Crippen LogP contribution in [0.4, 0.5) is 5.69 Å². The molecular weight excluding hydrogens is 396 g/mol. The molecule has 0 bridgehead atoms. The maximum absolute atomic E-state index is 12.3. The summed E-state index contributed by atoms with van der Waals surface area (Å²) in [6.07, 6.45) is 1.25. The Kier molecular flexibility index (Phi) is 3.92. The zero-order valence-corrected chi connectivity index (χ0v) is 14.4. The summed E-state index contributed by atoms with van der Waals surface area (Å²) in [5.74, 6) is 0. The molecule has 0 saturated heterocycles. The Hall–Kier alpha value is -1.15. The van der Waals surface area contributed by atoms with Crippen LogP contribution < -0.4 is 4.72 Å². The van der Waals surface area contributed by atoms with Gasteiger partial charge in [-0.3, -0.25) is 4.72 Å². The lowest BCUT2D eigenvalue weighted by Gasteiger charge is -2.10. The summed E-state index contributed by atoms with van der Waals surface area (Å²) in [6, 6.07) is 11.1. The molecule has 0 aliphatic carbocycles. The molecule has 8 heteroatoms. The normalized spacial score (nSPS) is 11.7. The second kappa shape index (κ2) is 5.57. The monoisotopic (exact) mass is 402 g/mol. The first-order chi connectivity index (χ1) is 9.97. The molecular formula is C13H8BrClN2O2S2. The number of fused-ring (bicyclic) bond motifs is 1. The molecule has 21 heavy (non-hydrogen) atoms. The van der Waals surface area contributed by atoms with E-state index in [0.717, 1.165) is 26.6 Å². The molecule has 108 valence electrons. The fourth-order valence-electron chi connectivity index (χ4n) is 1.91. The summed E-state index contributed by atoms with van der Waals surface area (Å²) in [7, 11) is -3.69. The van der Waals surface area contributed by atoms with Crippen LogP contribution in [0.25, 0.3) is 10.8 Å². The van der Waals surface area contributed by atoms with Crippen molar-refractivity contribution in [2.45, 2.75) is 4.21 Å². The van der Waals surface area contributed by atoms with E-state index in [9.17, 15) is 8.42 Å². The third kappa shape index (κ3) is 2.91. The maximum atomic E-state index is 12.3. The van der Waals surface area contributed by atoms with E-state index >= 15 is 0 Å². The predicted octanol–water partition coefficient (Wildman–Crippen LogP) is 4.51. The standard InChI is InChI=1S/C13H8BrClN2O2S2/c14-10-5-6-11(9-4-2-1-3-8(9)10)17-21(18,19)12-7-16-13(15)20-12/h1-7,17H. The van der Waals surface area contributed by atoms with Gasteiger partial charge in [-0.05, 0) is 17.5 Å². The third-order valence-corrected chi connectivity index (χ3v) is 6.47. The van der Waals surface area contributed by atoms with E-state index in [2.05, 4.69) is 25.6 Å². The summed E-state index contributed by atoms with van der Waals surface area (Å²) in [5.41, 5.74) is 0.512. The minimum atomic E-state index is -3.69. The fraction of sp³-hybridized carbons (Fsp3) is 0. The van der Waals surface area contributed by atoms with Crippen LogP contribution in [-0.2, 0) is 10.0 Å². The Morgan fingerprint density at radius 3 is 2.52 bits per heavy atom. The second-order valence-corrected chi connectivity index (χ2v) is 8.55. The maximum Gasteiger partial charge on any atom is 0.273 e. The molecule has 1 aromatic heterocycles. The number of anilines is 1. The van der Waals surface area contributed by atoms with E-state index in [-0.39, 0.29) is 8.68 Å². The summed E-state index contributed by atoms with van der Waals surface area (Å²) in [6.45, 7) is 0. The van der Waals surface area contributed by atoms with Gasteiger partial charge in [-0.2, -0.15) is 0 Å². The van der Waals surface area contributed by atoms with Gasteiger partial charge in [0.1, 0.15) is 0 Å². The summed E-state index contributed by atoms with van der Waals surface area (Å²) < 4.78 is 28.4. The Morgan fingerprint density at radius 2 is 1.86 bits per heavy atom. The molecule has 0 radical (unpaired) electrons. The largest absolute Gasteiger partial charge is 0.278 e. The first-order valence-corrected chi connectivity index (χ1v) is 9.26. The van der Waals surface area contributed by atoms with Crippen LogP contribution in [0.2, 0.25) is 4.47 Å². The van der Waals surface area contributed by atoms with E-state index in [1.54, 1.807) is 12.1 Å². The molecule has 1 N–H and O–H groups in total. The molecule has 0 aliphatic rings. The minimum absolute atomic E-state index is 0.0829. The van der Waals surface area contributed by atoms with Crippen LogP contribution in [0, 0.1) is 0 Å². The lowest BCUT2D eigenvalue weighted by Crippen LogP contribution is -2.11. The van der Waals surface area contributed by atoms with Gasteiger partial charge in [0.25, 0.3) is 10.0 Å². The molecule has 0 amide bonds. The number of benzene rings is 2. The lowest BCUT2D eigenvalue weighted by atomic mass is 10.1. The van der Waals surface area contributed by atoms with Crippen molar-refractivity contribution in [3.05, 3.63) is 51.5 Å². The molecule has 0 atom stereocenters. The Labute approximate surface area is 139 Å². The minimum Gasteiger partial charge on any atom is -0.278 e. The molecule has 0 spiro atoms. The number of thiazole rings is 1. The highest BCUT2D eigenvalue weighted by Gasteiger charge is 2.19. The van der Waals surface area contributed by atoms with Crippen molar-refractivity contribution < 1.29 is 8.42 Å². The number of sulfonamides is 1. The molecule has 0 unspecified atom stereocenters. The van der Waals surface area contributed by atoms with Crippen LogP contribution in [0.3, 0.4) is 0 Å². The van der Waals surface area contributed by atoms with Gasteiger partial charge in [0.2, 0.25) is 0 Å². The molecule has 0 aliphatic heterocycles. The highest BCUT2D eigenvalue weighted by atomic mass is 79.9. The molecule has 0 saturated carbocycles. The van der Waals surface area contributed by atoms with E-state index in [1.165, 1.54) is 6.20 Å². The summed E-state index contributed by atoms with van der Waals surface area (Å²) in [4.78, 5) is 3.76. The van der Waals surface area contributed by atoms with Gasteiger partial charge >= 0.3 is 0 Å². The van der Waals surface area contributed by atoms with Gasteiger partial charge in [0.15, 0.2) is 8.68 Å². The highest BCUT2D eigenvalue weighted by molar-refractivity contribution is 9.10. The Balaban J connectivity index is 2.08. The van der Waals surface area contributed by atoms with Gasteiger partial charge in [-0.1, -0.05) is 63.1 Å². The Morgan fingerprint density at radius 1 is 1.14 bits per heavy atom. The van der Waals surface area contributed by atoms with Crippen molar-refractivity contribution in [2.24, 2.45) is 0 Å². The predicted molar refractivity (Wildman–Crippen MR) is 89.6 cm³/mol. The quantitative estimate of drug-likeness (QED) is 0.700. The topological polar surface area (TPSA) is 59.1 Å². The van der Waals surface area contributed by atoms with Crippen LogP contribution in [0.1, 0.15) is 0 Å². The zero-order valence-electron chi connectivity index (χ0n) is 10.4. The number of rotatable bonds is 3. The van der Waals surface area contributed by atoms with E-state index in [4.69, 9.17) is 11.6 Å². The van der Waals surface area contributed by atoms with Gasteiger partial charge in [-0.25, -0.2) is 13.4 Å². The number of nitrogens with zero attached hydrogens (tertiary/aromatic N) is 1. The molecule has 2 aromatic carbocycles. The second-order valence-electron chi connectivity index (χ2n) is 4.18. The fourth-order valence-corrected chi connectivity index (χ4v) is 4.76. The van der Waals surface area contributed by atoms with Gasteiger partial charge < -0.3 is 0 Å². The van der Waals surface area contributed by atoms with Crippen molar-refractivity contribution >= 4 is 65.4 Å². The number of hydrogen-bond donors (Lipinski definition) is 1. The average molecular weight is 404 g/mol. The van der Waals surface area contributed by atoms with Gasteiger partial charge in [0.05, 0.1) is 11.9 Å². The average Bonchev–Trinajstić information content (AvgIpc) is 2.90. The van der Waals surface area contributed by atoms with Crippen molar-refractivity contribution in [1.29, 1.82) is 0 Å². The van der Waals surface area contributed by atoms with E-state index in [0.29, 0.717) is 5.69 Å².